The minimum atomic E-state index is -0.309. The molecule has 0 bridgehead atoms. The summed E-state index contributed by atoms with van der Waals surface area (Å²) in [6.07, 6.45) is 20.1. The van der Waals surface area contributed by atoms with Crippen LogP contribution in [0.3, 0.4) is 0 Å². The van der Waals surface area contributed by atoms with Crippen molar-refractivity contribution in [1.82, 2.24) is 10.6 Å². The van der Waals surface area contributed by atoms with Crippen LogP contribution in [0.15, 0.2) is 108 Å². The van der Waals surface area contributed by atoms with E-state index in [9.17, 15) is 4.79 Å². The number of aliphatic imine (C=N–C) groups is 1. The minimum Gasteiger partial charge on any atom is -0.494 e. The van der Waals surface area contributed by atoms with Gasteiger partial charge >= 0.3 is 0 Å². The predicted octanol–water partition coefficient (Wildman–Crippen LogP) is 6.93. The van der Waals surface area contributed by atoms with Crippen molar-refractivity contribution in [3.8, 4) is 0 Å². The number of rotatable bonds is 12. The second-order valence-electron chi connectivity index (χ2n) is 10.2. The zero-order chi connectivity index (χ0) is 27.8. The highest BCUT2D eigenvalue weighted by Gasteiger charge is 2.21. The lowest BCUT2D eigenvalue weighted by Gasteiger charge is -2.19. The third-order valence-corrected chi connectivity index (χ3v) is 7.40. The molecule has 5 nitrogen and oxygen atoms in total. The van der Waals surface area contributed by atoms with Gasteiger partial charge in [-0.05, 0) is 98.6 Å². The fourth-order valence-corrected chi connectivity index (χ4v) is 4.91. The average Bonchev–Trinajstić information content (AvgIpc) is 3.19. The molecule has 1 aliphatic heterocycles. The third-order valence-electron chi connectivity index (χ3n) is 7.14. The SMILES string of the molecule is O=C(NC1=CCCC/C=C(\OCCC2C=CC=NCC2)C=C1)[C@@H](CNCCc1ccc(Cl)cc1)c1ccccc1. The number of nitrogens with one attached hydrogen (secondary N) is 2. The van der Waals surface area contributed by atoms with Crippen molar-refractivity contribution in [2.24, 2.45) is 10.9 Å². The molecular formula is C34H40ClN3O2. The molecule has 2 N–H and O–H groups in total. The Labute approximate surface area is 243 Å². The summed E-state index contributed by atoms with van der Waals surface area (Å²) in [5.74, 6) is 1.03. The topological polar surface area (TPSA) is 62.7 Å². The lowest BCUT2D eigenvalue weighted by molar-refractivity contribution is -0.121. The first-order chi connectivity index (χ1) is 19.7. The number of carbonyl (C=O) groups excluding carboxylic acids is 1. The molecule has 2 atom stereocenters. The van der Waals surface area contributed by atoms with E-state index in [2.05, 4.69) is 33.9 Å². The molecule has 4 rings (SSSR count). The zero-order valence-corrected chi connectivity index (χ0v) is 23.9. The van der Waals surface area contributed by atoms with E-state index in [1.165, 1.54) is 5.56 Å². The largest absolute Gasteiger partial charge is 0.494 e. The molecule has 210 valence electrons. The van der Waals surface area contributed by atoms with Crippen molar-refractivity contribution < 1.29 is 9.53 Å². The Kier molecular flexibility index (Phi) is 12.3. The highest BCUT2D eigenvalue weighted by atomic mass is 35.5. The van der Waals surface area contributed by atoms with Crippen molar-refractivity contribution in [3.05, 3.63) is 119 Å². The van der Waals surface area contributed by atoms with Crippen LogP contribution in [0.2, 0.25) is 5.02 Å². The lowest BCUT2D eigenvalue weighted by Crippen LogP contribution is -2.35. The summed E-state index contributed by atoms with van der Waals surface area (Å²) in [6, 6.07) is 17.9. The highest BCUT2D eigenvalue weighted by molar-refractivity contribution is 6.30. The van der Waals surface area contributed by atoms with Gasteiger partial charge < -0.3 is 15.4 Å². The van der Waals surface area contributed by atoms with Crippen LogP contribution < -0.4 is 10.6 Å². The first-order valence-electron chi connectivity index (χ1n) is 14.4. The lowest BCUT2D eigenvalue weighted by atomic mass is 9.97. The van der Waals surface area contributed by atoms with Gasteiger partial charge in [0.2, 0.25) is 5.91 Å². The van der Waals surface area contributed by atoms with Crippen LogP contribution in [0.25, 0.3) is 0 Å². The number of hydrogen-bond donors (Lipinski definition) is 2. The van der Waals surface area contributed by atoms with Crippen LogP contribution in [0, 0.1) is 5.92 Å². The van der Waals surface area contributed by atoms with Crippen LogP contribution in [0.5, 0.6) is 0 Å². The summed E-state index contributed by atoms with van der Waals surface area (Å²) < 4.78 is 6.14. The van der Waals surface area contributed by atoms with Crippen molar-refractivity contribution in [2.75, 3.05) is 26.2 Å². The van der Waals surface area contributed by atoms with Gasteiger partial charge in [-0.1, -0.05) is 66.2 Å². The Morgan fingerprint density at radius 2 is 1.88 bits per heavy atom. The number of carbonyl (C=O) groups is 1. The van der Waals surface area contributed by atoms with Crippen molar-refractivity contribution in [1.29, 1.82) is 0 Å². The summed E-state index contributed by atoms with van der Waals surface area (Å²) in [4.78, 5) is 17.9. The third kappa shape index (κ3) is 10.3. The molecule has 0 fully saturated rings. The zero-order valence-electron chi connectivity index (χ0n) is 23.1. The molecule has 1 aliphatic carbocycles. The van der Waals surface area contributed by atoms with Crippen molar-refractivity contribution in [3.63, 3.8) is 0 Å². The number of ether oxygens (including phenoxy) is 1. The predicted molar refractivity (Wildman–Crippen MR) is 166 cm³/mol. The normalized spacial score (nSPS) is 19.3. The van der Waals surface area contributed by atoms with E-state index in [1.807, 2.05) is 79.0 Å². The van der Waals surface area contributed by atoms with Crippen LogP contribution in [-0.4, -0.2) is 38.4 Å². The number of nitrogens with zero attached hydrogens (tertiary/aromatic N) is 1. The van der Waals surface area contributed by atoms with Gasteiger partial charge in [0, 0.05) is 30.0 Å². The fraction of sp³-hybridized carbons (Fsp3) is 0.353. The fourth-order valence-electron chi connectivity index (χ4n) is 4.78. The second kappa shape index (κ2) is 16.6. The van der Waals surface area contributed by atoms with E-state index in [0.717, 1.165) is 73.7 Å². The molecule has 6 heteroatoms. The first kappa shape index (κ1) is 29.6. The van der Waals surface area contributed by atoms with Gasteiger partial charge in [0.1, 0.15) is 5.76 Å². The Morgan fingerprint density at radius 3 is 2.73 bits per heavy atom. The number of amides is 1. The summed E-state index contributed by atoms with van der Waals surface area (Å²) in [5, 5.41) is 7.41. The van der Waals surface area contributed by atoms with Gasteiger partial charge in [-0.25, -0.2) is 0 Å². The Balaban J connectivity index is 1.32. The summed E-state index contributed by atoms with van der Waals surface area (Å²) in [5.41, 5.74) is 3.02. The van der Waals surface area contributed by atoms with Crippen molar-refractivity contribution in [2.45, 2.75) is 44.4 Å². The van der Waals surface area contributed by atoms with E-state index < -0.39 is 0 Å². The molecule has 40 heavy (non-hydrogen) atoms. The quantitative estimate of drug-likeness (QED) is 0.278. The van der Waals surface area contributed by atoms with E-state index in [0.29, 0.717) is 19.1 Å². The van der Waals surface area contributed by atoms with E-state index in [1.54, 1.807) is 0 Å². The molecule has 0 radical (unpaired) electrons. The van der Waals surface area contributed by atoms with Crippen LogP contribution >= 0.6 is 11.6 Å². The summed E-state index contributed by atoms with van der Waals surface area (Å²) >= 11 is 6.00. The smallest absolute Gasteiger partial charge is 0.233 e. The van der Waals surface area contributed by atoms with Gasteiger partial charge in [-0.2, -0.15) is 0 Å². The van der Waals surface area contributed by atoms with Gasteiger partial charge in [0.15, 0.2) is 0 Å². The molecule has 0 saturated heterocycles. The van der Waals surface area contributed by atoms with Crippen LogP contribution in [-0.2, 0) is 16.0 Å². The van der Waals surface area contributed by atoms with Crippen molar-refractivity contribution >= 4 is 23.7 Å². The Bertz CT molecular complexity index is 1220. The number of allylic oxidation sites excluding steroid dienone is 6. The Morgan fingerprint density at radius 1 is 1.05 bits per heavy atom. The molecule has 0 aromatic heterocycles. The Hall–Kier alpha value is -3.41. The maximum absolute atomic E-state index is 13.6. The maximum atomic E-state index is 13.6. The molecule has 1 amide bonds. The molecule has 2 aromatic carbocycles. The minimum absolute atomic E-state index is 0.0193. The van der Waals surface area contributed by atoms with Gasteiger partial charge in [-0.3, -0.25) is 9.79 Å². The summed E-state index contributed by atoms with van der Waals surface area (Å²) in [7, 11) is 0. The van der Waals surface area contributed by atoms with E-state index in [-0.39, 0.29) is 11.8 Å². The molecule has 0 spiro atoms. The number of hydrogen-bond acceptors (Lipinski definition) is 4. The molecule has 2 aliphatic rings. The van der Waals surface area contributed by atoms with Gasteiger partial charge in [-0.15, -0.1) is 0 Å². The standard InChI is InChI=1S/C34H40ClN3O2/c35-30-15-13-28(14-16-30)20-24-37-26-33(29-9-3-1-4-10-29)34(39)38-31-11-5-2-6-12-32(18-17-31)40-25-21-27-8-7-22-36-23-19-27/h1,3-4,7-18,22,27,33,37H,2,5-6,19-21,23-26H2,(H,38,39)/b18-17?,31-11?,32-12-/t27?,33-/m0/s1. The number of benzene rings is 2. The second-order valence-corrected chi connectivity index (χ2v) is 10.6. The monoisotopic (exact) mass is 557 g/mol. The van der Waals surface area contributed by atoms with E-state index in [4.69, 9.17) is 16.3 Å². The number of halogens is 1. The average molecular weight is 558 g/mol. The first-order valence-corrected chi connectivity index (χ1v) is 14.7. The van der Waals surface area contributed by atoms with Gasteiger partial charge in [0.05, 0.1) is 12.5 Å². The molecular weight excluding hydrogens is 518 g/mol. The van der Waals surface area contributed by atoms with Crippen LogP contribution in [0.1, 0.15) is 49.1 Å². The van der Waals surface area contributed by atoms with Gasteiger partial charge in [0.25, 0.3) is 0 Å². The molecule has 1 unspecified atom stereocenters. The molecule has 2 aromatic rings. The van der Waals surface area contributed by atoms with Crippen LogP contribution in [0.4, 0.5) is 0 Å². The summed E-state index contributed by atoms with van der Waals surface area (Å²) in [6.45, 7) is 2.86. The highest BCUT2D eigenvalue weighted by Crippen LogP contribution is 2.19. The maximum Gasteiger partial charge on any atom is 0.233 e. The molecule has 1 heterocycles. The van der Waals surface area contributed by atoms with E-state index >= 15 is 0 Å². The molecule has 0 saturated carbocycles.